The average molecular weight is 1140 g/mol. The Labute approximate surface area is 532 Å². The first-order valence-electron chi connectivity index (χ1n) is 17.2. The topological polar surface area (TPSA) is 422 Å². The summed E-state index contributed by atoms with van der Waals surface area (Å²) in [7, 11) is -34.4. The van der Waals surface area contributed by atoms with Gasteiger partial charge in [0, 0.05) is 18.5 Å². The smallest absolute Gasteiger partial charge is 0.744 e. The molecule has 0 atom stereocenters. The van der Waals surface area contributed by atoms with Gasteiger partial charge in [-0.1, -0.05) is 24.3 Å². The molecule has 0 radical (unpaired) electrons. The molecule has 1 aliphatic rings. The first-order chi connectivity index (χ1) is 29.4. The van der Waals surface area contributed by atoms with Gasteiger partial charge in [-0.3, -0.25) is 0 Å². The average Bonchev–Trinajstić information content (AvgIpc) is 3.16. The van der Waals surface area contributed by atoms with Crippen molar-refractivity contribution in [1.29, 1.82) is 0 Å². The van der Waals surface area contributed by atoms with Gasteiger partial charge in [-0.05, 0) is 67.1 Å². The molecular formula is C33H23N7Na6O18S6. The van der Waals surface area contributed by atoms with Crippen LogP contribution in [0.2, 0.25) is 0 Å². The monoisotopic (exact) mass is 1130 g/mol. The minimum absolute atomic E-state index is 0. The zero-order valence-electron chi connectivity index (χ0n) is 37.8. The van der Waals surface area contributed by atoms with Crippen molar-refractivity contribution in [2.24, 2.45) is 4.99 Å². The van der Waals surface area contributed by atoms with Crippen LogP contribution < -0.4 is 188 Å². The van der Waals surface area contributed by atoms with E-state index in [0.29, 0.717) is 30.6 Å². The molecule has 0 fully saturated rings. The fourth-order valence-corrected chi connectivity index (χ4v) is 10.4. The fraction of sp³-hybridized carbons (Fsp3) is 0.121. The zero-order valence-corrected chi connectivity index (χ0v) is 54.7. The molecule has 4 aromatic carbocycles. The van der Waals surface area contributed by atoms with Gasteiger partial charge in [0.2, 0.25) is 0 Å². The van der Waals surface area contributed by atoms with Gasteiger partial charge in [0.05, 0.1) is 53.1 Å². The molecule has 340 valence electrons. The van der Waals surface area contributed by atoms with Gasteiger partial charge in [0.25, 0.3) is 5.95 Å². The van der Waals surface area contributed by atoms with E-state index in [-0.39, 0.29) is 196 Å². The molecule has 0 amide bonds. The van der Waals surface area contributed by atoms with Crippen molar-refractivity contribution in [2.45, 2.75) is 43.2 Å². The largest absolute Gasteiger partial charge is 1.00 e. The van der Waals surface area contributed by atoms with Gasteiger partial charge >= 0.3 is 177 Å². The minimum atomic E-state index is -5.87. The van der Waals surface area contributed by atoms with Crippen LogP contribution in [-0.2, 0) is 60.7 Å². The third kappa shape index (κ3) is 16.4. The summed E-state index contributed by atoms with van der Waals surface area (Å²) in [5.41, 5.74) is -5.80. The molecule has 10 rings (SSSR count). The second-order valence-corrected chi connectivity index (χ2v) is 21.0. The van der Waals surface area contributed by atoms with E-state index < -0.39 is 151 Å². The van der Waals surface area contributed by atoms with Crippen LogP contribution in [0.15, 0.2) is 101 Å². The number of nitrogens with zero attached hydrogens (tertiary/aromatic N) is 6. The Hall–Kier alpha value is 0.290. The molecule has 0 saturated heterocycles. The molecule has 6 heterocycles. The van der Waals surface area contributed by atoms with E-state index in [2.05, 4.69) is 30.2 Å². The van der Waals surface area contributed by atoms with Gasteiger partial charge in [0.1, 0.15) is 82.5 Å². The first-order valence-corrected chi connectivity index (χ1v) is 25.6. The molecule has 1 aliphatic heterocycles. The second kappa shape index (κ2) is 26.6. The number of aromatic nitrogens is 4. The number of rotatable bonds is 9. The summed E-state index contributed by atoms with van der Waals surface area (Å²) in [5.74, 6) is -1.98. The van der Waals surface area contributed by atoms with Gasteiger partial charge in [-0.25, -0.2) is 70.5 Å². The van der Waals surface area contributed by atoms with Crippen LogP contribution in [0.4, 0.5) is 17.5 Å². The van der Waals surface area contributed by atoms with Crippen LogP contribution in [0.25, 0.3) is 43.7 Å². The molecule has 0 spiro atoms. The van der Waals surface area contributed by atoms with Gasteiger partial charge in [-0.15, -0.1) is 0 Å². The minimum Gasteiger partial charge on any atom is -0.744 e. The third-order valence-electron chi connectivity index (χ3n) is 8.92. The standard InChI is InChI=1S/C33H29N7O18S6.6Na/c1-3-40(4-2)23-15-28(63(53,54)55)29-30(31(23)64(56,57)58)37-20-10-8-18(25(12-20)60(44,45)46)6-5-17-7-9-19(11-24(17)59(41,42)43)36-22-14-26(61(47,48)49)21(13-27(22)62(50,51)52)32-34-16-35-33(38-29)39-32;;;;;;/h5-16H,3-4H2,1-2H3,(H,41,42,43)(H,44,45,46)(H,47,48,49)(H,50,51,52)(H,53,54,55)(H,56,57,58)(H,34,35,38,39);;;;;;/q;6*+1/p-6. The number of benzene rings is 4. The van der Waals surface area contributed by atoms with Crippen molar-refractivity contribution >= 4 is 128 Å². The van der Waals surface area contributed by atoms with E-state index in [4.69, 9.17) is 0 Å². The number of aliphatic imine (C=N–C) groups is 1. The van der Waals surface area contributed by atoms with E-state index in [1.807, 2.05) is 0 Å². The van der Waals surface area contributed by atoms with Gasteiger partial charge in [0.15, 0.2) is 0 Å². The quantitative estimate of drug-likeness (QED) is 0.106. The Morgan fingerprint density at radius 1 is 0.471 bits per heavy atom. The summed E-state index contributed by atoms with van der Waals surface area (Å²) in [5, 5.41) is 0.146. The van der Waals surface area contributed by atoms with E-state index in [1.54, 1.807) is 0 Å². The maximum atomic E-state index is 13.1. The van der Waals surface area contributed by atoms with Crippen molar-refractivity contribution in [3.63, 3.8) is 0 Å². The molecule has 0 saturated carbocycles. The molecule has 8 bridgehead atoms. The number of nitrogens with one attached hydrogen (secondary N) is 1. The number of hydrogen-bond donors (Lipinski definition) is 1. The molecule has 1 N–H and O–H groups in total. The van der Waals surface area contributed by atoms with E-state index in [0.717, 1.165) is 41.3 Å². The zero-order chi connectivity index (χ0) is 47.5. The van der Waals surface area contributed by atoms with Crippen LogP contribution in [0, 0.1) is 0 Å². The van der Waals surface area contributed by atoms with E-state index in [1.165, 1.54) is 13.8 Å². The van der Waals surface area contributed by atoms with Crippen LogP contribution in [0.5, 0.6) is 0 Å². The van der Waals surface area contributed by atoms with Crippen LogP contribution >= 0.6 is 0 Å². The first kappa shape index (κ1) is 70.3. The molecule has 25 nitrogen and oxygen atoms in total. The van der Waals surface area contributed by atoms with Crippen LogP contribution in [0.1, 0.15) is 13.8 Å². The van der Waals surface area contributed by atoms with E-state index >= 15 is 0 Å². The maximum absolute atomic E-state index is 13.1. The molecule has 70 heavy (non-hydrogen) atoms. The molecule has 5 aromatic heterocycles. The number of fused-ring (bicyclic) bond motifs is 1. The summed E-state index contributed by atoms with van der Waals surface area (Å²) in [6, 6.07) is 7.24. The summed E-state index contributed by atoms with van der Waals surface area (Å²) in [6.07, 6.45) is 0.617. The Kier molecular flexibility index (Phi) is 26.7. The second-order valence-electron chi connectivity index (χ2n) is 12.9. The number of anilines is 2. The predicted molar refractivity (Wildman–Crippen MR) is 215 cm³/mol. The van der Waals surface area contributed by atoms with Crippen molar-refractivity contribution in [2.75, 3.05) is 23.3 Å². The Morgan fingerprint density at radius 2 is 0.914 bits per heavy atom. The molecular weight excluding hydrogens is 1110 g/mol. The summed E-state index contributed by atoms with van der Waals surface area (Å²) >= 11 is 0. The Balaban J connectivity index is 0.00000793. The van der Waals surface area contributed by atoms with E-state index in [9.17, 15) is 77.8 Å². The molecule has 0 unspecified atom stereocenters. The van der Waals surface area contributed by atoms with Crippen molar-refractivity contribution in [3.8, 4) is 0 Å². The van der Waals surface area contributed by atoms with Gasteiger partial charge in [-0.2, -0.15) is 4.98 Å². The third-order valence-corrected chi connectivity index (χ3v) is 14.2. The fourth-order valence-electron chi connectivity index (χ4n) is 6.23. The van der Waals surface area contributed by atoms with Crippen LogP contribution in [-0.4, -0.2) is 117 Å². The Bertz CT molecular complexity index is 3820. The number of hydrogen-bond acceptors (Lipinski definition) is 25. The molecule has 9 aromatic rings. The maximum Gasteiger partial charge on any atom is 1.00 e. The Morgan fingerprint density at radius 3 is 1.34 bits per heavy atom. The molecule has 37 heteroatoms. The summed E-state index contributed by atoms with van der Waals surface area (Å²) in [6.45, 7) is 2.57. The van der Waals surface area contributed by atoms with Crippen LogP contribution in [0.3, 0.4) is 0 Å². The normalized spacial score (nSPS) is 12.2. The summed E-state index contributed by atoms with van der Waals surface area (Å²) < 4.78 is 229. The summed E-state index contributed by atoms with van der Waals surface area (Å²) in [4.78, 5) is 12.5. The van der Waals surface area contributed by atoms with Crippen molar-refractivity contribution < 1.29 is 255 Å². The molecule has 0 aliphatic carbocycles. The van der Waals surface area contributed by atoms with Crippen molar-refractivity contribution in [1.82, 2.24) is 19.9 Å². The SMILES string of the molecule is CCN(CC)c1cc(S(=O)(=O)[O-])c2nc3nc(c4cc(S(=O)(=O)[O-])c(cc4S(=O)(=O)[O-])nc4ccc(ccc5ccc(cc5S(=O)(=O)[O-])nc2c1S(=O)(=O)[O-])c(S(=O)(=O)[O-])c4)NC=N3.[Na+].[Na+].[Na+].[Na+].[Na+].[Na+]. The van der Waals surface area contributed by atoms with Crippen molar-refractivity contribution in [3.05, 3.63) is 66.7 Å². The predicted octanol–water partition coefficient (Wildman–Crippen LogP) is -16.9. The van der Waals surface area contributed by atoms with Gasteiger partial charge < -0.3 is 37.5 Å².